The third-order valence-electron chi connectivity index (χ3n) is 8.43. The van der Waals surface area contributed by atoms with Crippen LogP contribution in [-0.2, 0) is 20.4 Å². The van der Waals surface area contributed by atoms with E-state index in [2.05, 4.69) is 30.4 Å². The van der Waals surface area contributed by atoms with Crippen molar-refractivity contribution in [1.29, 1.82) is 0 Å². The van der Waals surface area contributed by atoms with E-state index >= 15 is 0 Å². The second-order valence-electron chi connectivity index (χ2n) is 13.3. The van der Waals surface area contributed by atoms with Crippen LogP contribution in [0.3, 0.4) is 0 Å². The number of carbonyl (C=O) groups excluding carboxylic acids is 2. The molecule has 2 amide bonds. The lowest BCUT2D eigenvalue weighted by Gasteiger charge is -2.56. The number of fused-ring (bicyclic) bond motifs is 2. The number of benzene rings is 2. The highest BCUT2D eigenvalue weighted by Gasteiger charge is 2.53. The molecule has 1 saturated heterocycles. The summed E-state index contributed by atoms with van der Waals surface area (Å²) in [6.45, 7) is 16.5. The summed E-state index contributed by atoms with van der Waals surface area (Å²) in [5.74, 6) is 1.02. The van der Waals surface area contributed by atoms with Crippen LogP contribution in [0.2, 0.25) is 0 Å². The van der Waals surface area contributed by atoms with Crippen molar-refractivity contribution in [2.24, 2.45) is 5.92 Å². The maximum atomic E-state index is 13.7. The molecule has 1 heterocycles. The van der Waals surface area contributed by atoms with Crippen molar-refractivity contribution < 1.29 is 19.1 Å². The topological polar surface area (TPSA) is 67.9 Å². The summed E-state index contributed by atoms with van der Waals surface area (Å²) in [6, 6.07) is 18.2. The standard InChI is InChI=1S/C33H46N2O4/c1-22(2)38-28-16-12-15-25(17-28)33-19-26(34-29(36)32(7,8)24-13-10-9-11-14-24)18-27(20-33)35(21-23(33)3)30(37)39-31(4,5)6/h9-17,22-23,26-27H,18-21H2,1-8H3,(H,34,36)/t23-,26+,27+,33+/m0/s1. The molecule has 2 bridgehead atoms. The van der Waals surface area contributed by atoms with Crippen molar-refractivity contribution >= 4 is 12.0 Å². The summed E-state index contributed by atoms with van der Waals surface area (Å²) in [5.41, 5.74) is 0.743. The highest BCUT2D eigenvalue weighted by molar-refractivity contribution is 5.87. The number of likely N-dealkylation sites (tertiary alicyclic amines) is 1. The number of carbonyl (C=O) groups is 2. The average Bonchev–Trinajstić information content (AvgIpc) is 2.85. The van der Waals surface area contributed by atoms with Crippen LogP contribution in [0.15, 0.2) is 54.6 Å². The van der Waals surface area contributed by atoms with E-state index in [1.165, 1.54) is 5.56 Å². The Balaban J connectivity index is 1.67. The highest BCUT2D eigenvalue weighted by atomic mass is 16.6. The van der Waals surface area contributed by atoms with Crippen LogP contribution in [0, 0.1) is 5.92 Å². The van der Waals surface area contributed by atoms with Gasteiger partial charge in [0.2, 0.25) is 5.91 Å². The normalized spacial score (nSPS) is 25.3. The monoisotopic (exact) mass is 534 g/mol. The Hall–Kier alpha value is -3.02. The Bertz CT molecular complexity index is 1170. The molecule has 1 aliphatic heterocycles. The molecule has 6 nitrogen and oxygen atoms in total. The molecule has 4 rings (SSSR count). The van der Waals surface area contributed by atoms with Crippen molar-refractivity contribution in [2.45, 2.75) is 109 Å². The summed E-state index contributed by atoms with van der Waals surface area (Å²) in [4.78, 5) is 29.0. The number of hydrogen-bond acceptors (Lipinski definition) is 4. The van der Waals surface area contributed by atoms with Gasteiger partial charge in [0.15, 0.2) is 0 Å². The van der Waals surface area contributed by atoms with Gasteiger partial charge in [0.05, 0.1) is 11.5 Å². The number of nitrogens with zero attached hydrogens (tertiary/aromatic N) is 1. The van der Waals surface area contributed by atoms with E-state index in [0.717, 1.165) is 24.2 Å². The third-order valence-corrected chi connectivity index (χ3v) is 8.43. The third kappa shape index (κ3) is 6.26. The summed E-state index contributed by atoms with van der Waals surface area (Å²) >= 11 is 0. The second kappa shape index (κ2) is 10.9. The van der Waals surface area contributed by atoms with E-state index < -0.39 is 11.0 Å². The van der Waals surface area contributed by atoms with Gasteiger partial charge in [-0.25, -0.2) is 4.79 Å². The minimum Gasteiger partial charge on any atom is -0.491 e. The number of ether oxygens (including phenoxy) is 2. The van der Waals surface area contributed by atoms with E-state index in [1.807, 2.05) is 89.8 Å². The first kappa shape index (κ1) is 29.0. The molecule has 0 aromatic heterocycles. The summed E-state index contributed by atoms with van der Waals surface area (Å²) in [5, 5.41) is 3.41. The molecular weight excluding hydrogens is 488 g/mol. The van der Waals surface area contributed by atoms with Crippen LogP contribution < -0.4 is 10.1 Å². The zero-order chi connectivity index (χ0) is 28.6. The van der Waals surface area contributed by atoms with Crippen molar-refractivity contribution in [2.75, 3.05) is 6.54 Å². The van der Waals surface area contributed by atoms with E-state index in [9.17, 15) is 9.59 Å². The van der Waals surface area contributed by atoms with Gasteiger partial charge in [-0.05, 0) is 96.9 Å². The van der Waals surface area contributed by atoms with E-state index in [-0.39, 0.29) is 41.5 Å². The Labute approximate surface area is 234 Å². The SMILES string of the molecule is CC(C)Oc1cccc([C@]23C[C@H](NC(=O)C(C)(C)c4ccccc4)C[C@H](C2)N(C(=O)OC(C)(C)C)C[C@@H]3C)c1. The minimum atomic E-state index is -0.678. The number of hydrogen-bond donors (Lipinski definition) is 1. The first-order valence-corrected chi connectivity index (χ1v) is 14.3. The van der Waals surface area contributed by atoms with Gasteiger partial charge in [-0.15, -0.1) is 0 Å². The lowest BCUT2D eigenvalue weighted by Crippen LogP contribution is -2.63. The molecule has 1 aliphatic carbocycles. The Morgan fingerprint density at radius 1 is 1.00 bits per heavy atom. The number of nitrogens with one attached hydrogen (secondary N) is 1. The van der Waals surface area contributed by atoms with Gasteiger partial charge < -0.3 is 19.7 Å². The van der Waals surface area contributed by atoms with Gasteiger partial charge in [0.25, 0.3) is 0 Å². The number of amides is 2. The van der Waals surface area contributed by atoms with Crippen LogP contribution in [-0.4, -0.2) is 47.2 Å². The lowest BCUT2D eigenvalue weighted by atomic mass is 9.57. The Kier molecular flexibility index (Phi) is 8.07. The Morgan fingerprint density at radius 3 is 2.33 bits per heavy atom. The van der Waals surface area contributed by atoms with Crippen LogP contribution in [0.4, 0.5) is 4.79 Å². The minimum absolute atomic E-state index is 0.00202. The summed E-state index contributed by atoms with van der Waals surface area (Å²) in [6.07, 6.45) is 2.14. The van der Waals surface area contributed by atoms with Gasteiger partial charge in [0.1, 0.15) is 11.4 Å². The van der Waals surface area contributed by atoms with Crippen LogP contribution >= 0.6 is 0 Å². The van der Waals surface area contributed by atoms with Crippen LogP contribution in [0.5, 0.6) is 5.75 Å². The maximum absolute atomic E-state index is 13.7. The first-order valence-electron chi connectivity index (χ1n) is 14.3. The first-order chi connectivity index (χ1) is 18.2. The second-order valence-corrected chi connectivity index (χ2v) is 13.3. The van der Waals surface area contributed by atoms with Crippen molar-refractivity contribution in [3.63, 3.8) is 0 Å². The fraction of sp³-hybridized carbons (Fsp3) is 0.576. The molecule has 212 valence electrons. The molecule has 1 N–H and O–H groups in total. The molecule has 1 saturated carbocycles. The smallest absolute Gasteiger partial charge is 0.410 e. The van der Waals surface area contributed by atoms with Crippen molar-refractivity contribution in [3.05, 3.63) is 65.7 Å². The molecule has 2 fully saturated rings. The fourth-order valence-electron chi connectivity index (χ4n) is 6.37. The highest BCUT2D eigenvalue weighted by Crippen LogP contribution is 2.51. The number of rotatable bonds is 6. The van der Waals surface area contributed by atoms with Gasteiger partial charge >= 0.3 is 6.09 Å². The fourth-order valence-corrected chi connectivity index (χ4v) is 6.37. The zero-order valence-electron chi connectivity index (χ0n) is 24.9. The molecule has 6 heteroatoms. The molecular formula is C33H46N2O4. The van der Waals surface area contributed by atoms with Crippen LogP contribution in [0.1, 0.15) is 85.8 Å². The average molecular weight is 535 g/mol. The lowest BCUT2D eigenvalue weighted by molar-refractivity contribution is -0.127. The van der Waals surface area contributed by atoms with Crippen molar-refractivity contribution in [3.8, 4) is 5.75 Å². The van der Waals surface area contributed by atoms with E-state index in [4.69, 9.17) is 9.47 Å². The van der Waals surface area contributed by atoms with Gasteiger partial charge in [-0.1, -0.05) is 49.4 Å². The predicted octanol–water partition coefficient (Wildman–Crippen LogP) is 6.61. The molecule has 39 heavy (non-hydrogen) atoms. The molecule has 2 aliphatic rings. The molecule has 0 unspecified atom stereocenters. The molecule has 4 atom stereocenters. The van der Waals surface area contributed by atoms with E-state index in [1.54, 1.807) is 0 Å². The summed E-state index contributed by atoms with van der Waals surface area (Å²) in [7, 11) is 0. The van der Waals surface area contributed by atoms with Gasteiger partial charge in [0, 0.05) is 24.0 Å². The van der Waals surface area contributed by atoms with Gasteiger partial charge in [-0.3, -0.25) is 4.79 Å². The number of piperidine rings is 1. The predicted molar refractivity (Wildman–Crippen MR) is 155 cm³/mol. The van der Waals surface area contributed by atoms with Crippen molar-refractivity contribution in [1.82, 2.24) is 10.2 Å². The van der Waals surface area contributed by atoms with Gasteiger partial charge in [-0.2, -0.15) is 0 Å². The quantitative estimate of drug-likeness (QED) is 0.453. The maximum Gasteiger partial charge on any atom is 0.410 e. The zero-order valence-corrected chi connectivity index (χ0v) is 24.9. The molecule has 0 radical (unpaired) electrons. The molecule has 2 aromatic rings. The molecule has 0 spiro atoms. The largest absolute Gasteiger partial charge is 0.491 e. The van der Waals surface area contributed by atoms with Crippen LogP contribution in [0.25, 0.3) is 0 Å². The van der Waals surface area contributed by atoms with E-state index in [0.29, 0.717) is 13.0 Å². The Morgan fingerprint density at radius 2 is 1.69 bits per heavy atom. The summed E-state index contributed by atoms with van der Waals surface area (Å²) < 4.78 is 11.9. The molecule has 2 aromatic carbocycles.